The summed E-state index contributed by atoms with van der Waals surface area (Å²) < 4.78 is 7.37. The van der Waals surface area contributed by atoms with E-state index in [0.717, 1.165) is 11.3 Å². The second-order valence-corrected chi connectivity index (χ2v) is 4.58. The van der Waals surface area contributed by atoms with Gasteiger partial charge in [-0.15, -0.1) is 0 Å². The lowest BCUT2D eigenvalue weighted by Crippen LogP contribution is -2.17. The molecule has 0 radical (unpaired) electrons. The summed E-state index contributed by atoms with van der Waals surface area (Å²) in [5.41, 5.74) is 7.25. The molecule has 0 aliphatic rings. The van der Waals surface area contributed by atoms with Crippen molar-refractivity contribution in [2.45, 2.75) is 32.5 Å². The molecule has 2 N–H and O–H groups in total. The van der Waals surface area contributed by atoms with Crippen molar-refractivity contribution in [3.8, 4) is 5.75 Å². The first-order chi connectivity index (χ1) is 8.65. The fraction of sp³-hybridized carbons (Fsp3) is 0.357. The zero-order chi connectivity index (χ0) is 13.0. The monoisotopic (exact) mass is 245 g/mol. The molecule has 4 heteroatoms. The Morgan fingerprint density at radius 1 is 1.28 bits per heavy atom. The van der Waals surface area contributed by atoms with E-state index in [1.165, 1.54) is 0 Å². The fourth-order valence-corrected chi connectivity index (χ4v) is 1.78. The van der Waals surface area contributed by atoms with Gasteiger partial charge >= 0.3 is 0 Å². The number of nitrogens with zero attached hydrogens (tertiary/aromatic N) is 2. The van der Waals surface area contributed by atoms with E-state index in [4.69, 9.17) is 10.5 Å². The average Bonchev–Trinajstić information content (AvgIpc) is 2.76. The highest BCUT2D eigenvalue weighted by molar-refractivity contribution is 5.18. The third-order valence-corrected chi connectivity index (χ3v) is 2.59. The summed E-state index contributed by atoms with van der Waals surface area (Å²) in [5, 5.41) is 4.25. The number of benzene rings is 1. The van der Waals surface area contributed by atoms with Crippen molar-refractivity contribution >= 4 is 0 Å². The zero-order valence-electron chi connectivity index (χ0n) is 10.8. The lowest BCUT2D eigenvalue weighted by Gasteiger charge is -2.11. The van der Waals surface area contributed by atoms with Crippen LogP contribution in [0.25, 0.3) is 0 Å². The second-order valence-electron chi connectivity index (χ2n) is 4.58. The highest BCUT2D eigenvalue weighted by Gasteiger charge is 2.08. The van der Waals surface area contributed by atoms with Crippen LogP contribution in [0.2, 0.25) is 0 Å². The Morgan fingerprint density at radius 3 is 2.67 bits per heavy atom. The molecule has 1 aromatic carbocycles. The maximum Gasteiger partial charge on any atom is 0.157 e. The van der Waals surface area contributed by atoms with Crippen LogP contribution in [-0.2, 0) is 6.54 Å². The maximum absolute atomic E-state index is 6.14. The molecule has 1 unspecified atom stereocenters. The van der Waals surface area contributed by atoms with Gasteiger partial charge in [-0.3, -0.25) is 4.68 Å². The summed E-state index contributed by atoms with van der Waals surface area (Å²) in [5.74, 6) is 0.783. The fourth-order valence-electron chi connectivity index (χ4n) is 1.78. The highest BCUT2D eigenvalue weighted by Crippen LogP contribution is 2.15. The predicted molar refractivity (Wildman–Crippen MR) is 71.4 cm³/mol. The van der Waals surface area contributed by atoms with Crippen molar-refractivity contribution in [2.75, 3.05) is 0 Å². The van der Waals surface area contributed by atoms with E-state index in [1.54, 1.807) is 6.20 Å². The highest BCUT2D eigenvalue weighted by atomic mass is 16.5. The van der Waals surface area contributed by atoms with Gasteiger partial charge in [0, 0.05) is 6.04 Å². The molecule has 0 spiro atoms. The van der Waals surface area contributed by atoms with E-state index >= 15 is 0 Å². The lowest BCUT2D eigenvalue weighted by atomic mass is 10.1. The first kappa shape index (κ1) is 12.6. The van der Waals surface area contributed by atoms with Crippen LogP contribution in [-0.4, -0.2) is 15.9 Å². The molecule has 0 saturated carbocycles. The van der Waals surface area contributed by atoms with E-state index in [-0.39, 0.29) is 12.1 Å². The number of hydrogen-bond donors (Lipinski definition) is 1. The molecule has 1 heterocycles. The largest absolute Gasteiger partial charge is 0.488 e. The molecule has 0 bridgehead atoms. The molecule has 2 aromatic rings. The summed E-state index contributed by atoms with van der Waals surface area (Å²) in [6.45, 7) is 4.63. The minimum atomic E-state index is -0.0574. The van der Waals surface area contributed by atoms with Crippen LogP contribution in [0.3, 0.4) is 0 Å². The molecular formula is C14H19N3O. The third kappa shape index (κ3) is 3.34. The number of ether oxygens (including phenoxy) is 1. The number of nitrogens with two attached hydrogens (primary N) is 1. The Bertz CT molecular complexity index is 479. The van der Waals surface area contributed by atoms with Gasteiger partial charge in [0.25, 0.3) is 0 Å². The van der Waals surface area contributed by atoms with E-state index in [2.05, 4.69) is 5.10 Å². The van der Waals surface area contributed by atoms with Crippen LogP contribution in [0.15, 0.2) is 42.7 Å². The van der Waals surface area contributed by atoms with Crippen LogP contribution in [0.5, 0.6) is 5.75 Å². The smallest absolute Gasteiger partial charge is 0.157 e. The second kappa shape index (κ2) is 5.69. The van der Waals surface area contributed by atoms with Gasteiger partial charge in [-0.05, 0) is 19.4 Å². The normalized spacial score (nSPS) is 12.7. The van der Waals surface area contributed by atoms with Crippen molar-refractivity contribution in [3.63, 3.8) is 0 Å². The molecule has 0 saturated heterocycles. The Balaban J connectivity index is 1.99. The molecule has 4 nitrogen and oxygen atoms in total. The Hall–Kier alpha value is -1.81. The summed E-state index contributed by atoms with van der Waals surface area (Å²) in [4.78, 5) is 0. The van der Waals surface area contributed by atoms with Gasteiger partial charge in [0.15, 0.2) is 5.75 Å². The first-order valence-corrected chi connectivity index (χ1v) is 6.15. The lowest BCUT2D eigenvalue weighted by molar-refractivity contribution is 0.242. The standard InChI is InChI=1S/C14H19N3O/c1-11(2)18-13-8-16-17(9-13)10-14(15)12-6-4-3-5-7-12/h3-9,11,14H,10,15H2,1-2H3. The van der Waals surface area contributed by atoms with Gasteiger partial charge in [0.2, 0.25) is 0 Å². The average molecular weight is 245 g/mol. The zero-order valence-corrected chi connectivity index (χ0v) is 10.8. The molecule has 1 aromatic heterocycles. The molecule has 1 atom stereocenters. The number of hydrogen-bond acceptors (Lipinski definition) is 3. The quantitative estimate of drug-likeness (QED) is 0.879. The summed E-state index contributed by atoms with van der Waals surface area (Å²) in [6.07, 6.45) is 3.76. The SMILES string of the molecule is CC(C)Oc1cnn(CC(N)c2ccccc2)c1. The summed E-state index contributed by atoms with van der Waals surface area (Å²) in [6, 6.07) is 9.97. The van der Waals surface area contributed by atoms with Crippen molar-refractivity contribution in [1.29, 1.82) is 0 Å². The van der Waals surface area contributed by atoms with Crippen LogP contribution in [0.1, 0.15) is 25.5 Å². The molecule has 2 rings (SSSR count). The molecular weight excluding hydrogens is 226 g/mol. The van der Waals surface area contributed by atoms with Crippen molar-refractivity contribution in [2.24, 2.45) is 5.73 Å². The minimum absolute atomic E-state index is 0.0574. The first-order valence-electron chi connectivity index (χ1n) is 6.15. The van der Waals surface area contributed by atoms with Crippen LogP contribution in [0, 0.1) is 0 Å². The van der Waals surface area contributed by atoms with Crippen molar-refractivity contribution in [3.05, 3.63) is 48.3 Å². The van der Waals surface area contributed by atoms with Gasteiger partial charge in [-0.2, -0.15) is 5.10 Å². The van der Waals surface area contributed by atoms with Gasteiger partial charge in [0.05, 0.1) is 25.0 Å². The van der Waals surface area contributed by atoms with E-state index in [0.29, 0.717) is 6.54 Å². The number of rotatable bonds is 5. The van der Waals surface area contributed by atoms with Gasteiger partial charge in [-0.1, -0.05) is 30.3 Å². The predicted octanol–water partition coefficient (Wildman–Crippen LogP) is 2.37. The Kier molecular flexibility index (Phi) is 3.99. The van der Waals surface area contributed by atoms with E-state index < -0.39 is 0 Å². The molecule has 0 aliphatic heterocycles. The Morgan fingerprint density at radius 2 is 2.00 bits per heavy atom. The van der Waals surface area contributed by atoms with Crippen LogP contribution in [0.4, 0.5) is 0 Å². The van der Waals surface area contributed by atoms with Gasteiger partial charge in [0.1, 0.15) is 0 Å². The third-order valence-electron chi connectivity index (χ3n) is 2.59. The van der Waals surface area contributed by atoms with Crippen molar-refractivity contribution in [1.82, 2.24) is 9.78 Å². The molecule has 0 amide bonds. The van der Waals surface area contributed by atoms with Gasteiger partial charge < -0.3 is 10.5 Å². The maximum atomic E-state index is 6.14. The molecule has 0 fully saturated rings. The molecule has 0 aliphatic carbocycles. The van der Waals surface area contributed by atoms with E-state index in [1.807, 2.05) is 55.1 Å². The van der Waals surface area contributed by atoms with E-state index in [9.17, 15) is 0 Å². The van der Waals surface area contributed by atoms with Gasteiger partial charge in [-0.25, -0.2) is 0 Å². The topological polar surface area (TPSA) is 53.1 Å². The molecule has 96 valence electrons. The Labute approximate surface area is 107 Å². The summed E-state index contributed by atoms with van der Waals surface area (Å²) >= 11 is 0. The minimum Gasteiger partial charge on any atom is -0.488 e. The molecule has 18 heavy (non-hydrogen) atoms. The van der Waals surface area contributed by atoms with Crippen LogP contribution < -0.4 is 10.5 Å². The summed E-state index contributed by atoms with van der Waals surface area (Å²) in [7, 11) is 0. The number of aromatic nitrogens is 2. The van der Waals surface area contributed by atoms with Crippen LogP contribution >= 0.6 is 0 Å². The van der Waals surface area contributed by atoms with Crippen molar-refractivity contribution < 1.29 is 4.74 Å².